The van der Waals surface area contributed by atoms with Gasteiger partial charge in [0, 0.05) is 0 Å². The molecule has 3 fully saturated rings. The Hall–Kier alpha value is -0.780. The summed E-state index contributed by atoms with van der Waals surface area (Å²) < 4.78 is 0. The van der Waals surface area contributed by atoms with E-state index in [1.807, 2.05) is 0 Å². The van der Waals surface area contributed by atoms with Gasteiger partial charge in [0.05, 0.1) is 0 Å². The zero-order valence-corrected chi connectivity index (χ0v) is 15.0. The maximum absolute atomic E-state index is 4.41. The van der Waals surface area contributed by atoms with Crippen LogP contribution in [0.5, 0.6) is 0 Å². The van der Waals surface area contributed by atoms with Crippen LogP contribution in [0.2, 0.25) is 0 Å². The van der Waals surface area contributed by atoms with E-state index < -0.39 is 0 Å². The summed E-state index contributed by atoms with van der Waals surface area (Å²) in [5.41, 5.74) is 5.31. The van der Waals surface area contributed by atoms with Gasteiger partial charge in [0.2, 0.25) is 0 Å². The van der Waals surface area contributed by atoms with Gasteiger partial charge in [-0.15, -0.1) is 0 Å². The molecule has 22 heavy (non-hydrogen) atoms. The Balaban J connectivity index is 1.80. The van der Waals surface area contributed by atoms with Gasteiger partial charge in [0.15, 0.2) is 0 Å². The minimum Gasteiger partial charge on any atom is -0.0953 e. The normalized spacial score (nSPS) is 42.9. The summed E-state index contributed by atoms with van der Waals surface area (Å²) in [4.78, 5) is 0. The van der Waals surface area contributed by atoms with Crippen LogP contribution in [0.15, 0.2) is 35.5 Å². The van der Waals surface area contributed by atoms with Crippen LogP contribution in [0.3, 0.4) is 0 Å². The van der Waals surface area contributed by atoms with Crippen LogP contribution >= 0.6 is 0 Å². The molecular weight excluding hydrogens is 264 g/mol. The molecule has 0 saturated heterocycles. The summed E-state index contributed by atoms with van der Waals surface area (Å²) in [5.74, 6) is 2.50. The van der Waals surface area contributed by atoms with Gasteiger partial charge in [-0.2, -0.15) is 0 Å². The van der Waals surface area contributed by atoms with Crippen molar-refractivity contribution in [1.82, 2.24) is 0 Å². The van der Waals surface area contributed by atoms with E-state index >= 15 is 0 Å². The van der Waals surface area contributed by atoms with Crippen LogP contribution in [0.1, 0.15) is 78.6 Å². The molecule has 0 bridgehead atoms. The van der Waals surface area contributed by atoms with Crippen molar-refractivity contribution in [1.29, 1.82) is 0 Å². The van der Waals surface area contributed by atoms with E-state index in [9.17, 15) is 0 Å². The molecule has 0 amide bonds. The van der Waals surface area contributed by atoms with Crippen molar-refractivity contribution in [2.45, 2.75) is 78.6 Å². The van der Waals surface area contributed by atoms with E-state index in [4.69, 9.17) is 0 Å². The molecule has 3 aliphatic rings. The first-order valence-electron chi connectivity index (χ1n) is 9.65. The standard InChI is InChI=1S/C22H34/c1-5-18-8-6-9-19(17(18)3)12-13-20-10-7-15-22(4)16(2)11-14-21(20)22/h12-13,16,18,21H,3,5-11,14-15H2,1-2,4H3/b19-12-,20-13+/t16-,18-,21?,22+/m0/s1. The van der Waals surface area contributed by atoms with E-state index in [-0.39, 0.29) is 0 Å². The fourth-order valence-electron chi connectivity index (χ4n) is 5.48. The third kappa shape index (κ3) is 2.74. The molecule has 0 aliphatic heterocycles. The second-order valence-corrected chi connectivity index (χ2v) is 8.35. The highest BCUT2D eigenvalue weighted by molar-refractivity contribution is 5.37. The first-order valence-corrected chi connectivity index (χ1v) is 9.65. The highest BCUT2D eigenvalue weighted by Crippen LogP contribution is 2.57. The zero-order chi connectivity index (χ0) is 15.7. The summed E-state index contributed by atoms with van der Waals surface area (Å²) in [6.45, 7) is 11.8. The van der Waals surface area contributed by atoms with Crippen molar-refractivity contribution in [3.8, 4) is 0 Å². The molecule has 0 N–H and O–H groups in total. The molecule has 0 heterocycles. The molecular formula is C22H34. The van der Waals surface area contributed by atoms with Crippen LogP contribution in [-0.2, 0) is 0 Å². The average Bonchev–Trinajstić information content (AvgIpc) is 2.82. The third-order valence-corrected chi connectivity index (χ3v) is 7.33. The zero-order valence-electron chi connectivity index (χ0n) is 15.0. The lowest BCUT2D eigenvalue weighted by atomic mass is 9.64. The molecule has 0 heteroatoms. The van der Waals surface area contributed by atoms with E-state index in [2.05, 4.69) is 39.5 Å². The Bertz CT molecular complexity index is 492. The van der Waals surface area contributed by atoms with Crippen LogP contribution in [0.25, 0.3) is 0 Å². The van der Waals surface area contributed by atoms with Gasteiger partial charge in [0.25, 0.3) is 0 Å². The predicted octanol–water partition coefficient (Wildman–Crippen LogP) is 6.84. The Labute approximate surface area is 137 Å². The van der Waals surface area contributed by atoms with E-state index in [1.54, 1.807) is 11.1 Å². The summed E-state index contributed by atoms with van der Waals surface area (Å²) in [6, 6.07) is 0. The molecule has 122 valence electrons. The first kappa shape index (κ1) is 16.1. The van der Waals surface area contributed by atoms with Gasteiger partial charge in [0.1, 0.15) is 0 Å². The highest BCUT2D eigenvalue weighted by atomic mass is 14.5. The number of fused-ring (bicyclic) bond motifs is 1. The first-order chi connectivity index (χ1) is 10.6. The largest absolute Gasteiger partial charge is 0.0953 e. The van der Waals surface area contributed by atoms with Gasteiger partial charge in [-0.25, -0.2) is 0 Å². The van der Waals surface area contributed by atoms with Crippen molar-refractivity contribution in [3.05, 3.63) is 35.5 Å². The maximum Gasteiger partial charge on any atom is -0.0143 e. The molecule has 3 aliphatic carbocycles. The summed E-state index contributed by atoms with van der Waals surface area (Å²) in [6.07, 6.45) is 17.2. The maximum atomic E-state index is 4.41. The average molecular weight is 299 g/mol. The Morgan fingerprint density at radius 1 is 1.14 bits per heavy atom. The number of hydrogen-bond acceptors (Lipinski definition) is 0. The number of rotatable bonds is 2. The van der Waals surface area contributed by atoms with Gasteiger partial charge in [-0.3, -0.25) is 0 Å². The molecule has 4 atom stereocenters. The molecule has 0 nitrogen and oxygen atoms in total. The second-order valence-electron chi connectivity index (χ2n) is 8.35. The number of hydrogen-bond donors (Lipinski definition) is 0. The summed E-state index contributed by atoms with van der Waals surface area (Å²) >= 11 is 0. The van der Waals surface area contributed by atoms with Gasteiger partial charge >= 0.3 is 0 Å². The van der Waals surface area contributed by atoms with E-state index in [1.165, 1.54) is 63.4 Å². The lowest BCUT2D eigenvalue weighted by Gasteiger charge is -2.41. The van der Waals surface area contributed by atoms with Crippen molar-refractivity contribution in [2.24, 2.45) is 23.2 Å². The van der Waals surface area contributed by atoms with Crippen LogP contribution in [0, 0.1) is 23.2 Å². The Morgan fingerprint density at radius 3 is 2.73 bits per heavy atom. The van der Waals surface area contributed by atoms with Gasteiger partial charge < -0.3 is 0 Å². The van der Waals surface area contributed by atoms with Crippen LogP contribution in [0.4, 0.5) is 0 Å². The third-order valence-electron chi connectivity index (χ3n) is 7.33. The molecule has 1 unspecified atom stereocenters. The van der Waals surface area contributed by atoms with Crippen molar-refractivity contribution in [2.75, 3.05) is 0 Å². The van der Waals surface area contributed by atoms with Crippen molar-refractivity contribution >= 4 is 0 Å². The lowest BCUT2D eigenvalue weighted by molar-refractivity contribution is 0.147. The molecule has 0 radical (unpaired) electrons. The van der Waals surface area contributed by atoms with Gasteiger partial charge in [-0.1, -0.05) is 45.1 Å². The summed E-state index contributed by atoms with van der Waals surface area (Å²) in [7, 11) is 0. The van der Waals surface area contributed by atoms with Crippen molar-refractivity contribution < 1.29 is 0 Å². The van der Waals surface area contributed by atoms with E-state index in [0.717, 1.165) is 17.8 Å². The SMILES string of the molecule is C=C1/C(=C\C=C2/CCC[C@@]3(C)C2CC[C@@H]3C)CCC[C@@H]1CC. The number of allylic oxidation sites excluding steroid dienone is 5. The van der Waals surface area contributed by atoms with Crippen LogP contribution < -0.4 is 0 Å². The quantitative estimate of drug-likeness (QED) is 0.523. The second kappa shape index (κ2) is 6.38. The fourth-order valence-corrected chi connectivity index (χ4v) is 5.48. The minimum atomic E-state index is 0.581. The van der Waals surface area contributed by atoms with E-state index in [0.29, 0.717) is 5.41 Å². The Kier molecular flexibility index (Phi) is 4.67. The lowest BCUT2D eigenvalue weighted by Crippen LogP contribution is -2.31. The predicted molar refractivity (Wildman–Crippen MR) is 96.8 cm³/mol. The monoisotopic (exact) mass is 298 g/mol. The fraction of sp³-hybridized carbons (Fsp3) is 0.727. The molecule has 0 aromatic carbocycles. The molecule has 0 spiro atoms. The topological polar surface area (TPSA) is 0 Å². The summed E-state index contributed by atoms with van der Waals surface area (Å²) in [5, 5.41) is 0. The van der Waals surface area contributed by atoms with Crippen LogP contribution in [-0.4, -0.2) is 0 Å². The van der Waals surface area contributed by atoms with Gasteiger partial charge in [-0.05, 0) is 92.1 Å². The highest BCUT2D eigenvalue weighted by Gasteiger charge is 2.46. The molecule has 3 saturated carbocycles. The molecule has 3 rings (SSSR count). The molecule has 0 aromatic rings. The molecule has 0 aromatic heterocycles. The smallest absolute Gasteiger partial charge is 0.0143 e. The minimum absolute atomic E-state index is 0.581. The Morgan fingerprint density at radius 2 is 1.95 bits per heavy atom. The van der Waals surface area contributed by atoms with Crippen molar-refractivity contribution in [3.63, 3.8) is 0 Å².